The number of carbonyl (C=O) groups excluding carboxylic acids is 2. The summed E-state index contributed by atoms with van der Waals surface area (Å²) in [6.45, 7) is 5.24. The molecular formula is C16H24ClN3O2. The van der Waals surface area contributed by atoms with Crippen molar-refractivity contribution in [2.24, 2.45) is 0 Å². The lowest BCUT2D eigenvalue weighted by atomic mass is 10.2. The van der Waals surface area contributed by atoms with Gasteiger partial charge in [-0.05, 0) is 43.7 Å². The molecular weight excluding hydrogens is 302 g/mol. The Morgan fingerprint density at radius 2 is 1.91 bits per heavy atom. The zero-order chi connectivity index (χ0) is 15.1. The first kappa shape index (κ1) is 18.5. The SMILES string of the molecule is CCCNCCNC(=O)c1ccc(N2CCCC2=O)cc1.Cl. The van der Waals surface area contributed by atoms with Crippen molar-refractivity contribution < 1.29 is 9.59 Å². The molecule has 1 aliphatic rings. The third-order valence-corrected chi connectivity index (χ3v) is 3.53. The molecule has 2 rings (SSSR count). The van der Waals surface area contributed by atoms with Gasteiger partial charge >= 0.3 is 0 Å². The lowest BCUT2D eigenvalue weighted by molar-refractivity contribution is -0.117. The van der Waals surface area contributed by atoms with Crippen LogP contribution in [0.3, 0.4) is 0 Å². The average Bonchev–Trinajstić information content (AvgIpc) is 2.93. The number of anilines is 1. The molecule has 2 amide bonds. The van der Waals surface area contributed by atoms with Crippen molar-refractivity contribution in [1.29, 1.82) is 0 Å². The number of halogens is 1. The van der Waals surface area contributed by atoms with Gasteiger partial charge in [-0.1, -0.05) is 6.92 Å². The first-order chi connectivity index (χ1) is 10.2. The lowest BCUT2D eigenvalue weighted by Crippen LogP contribution is -2.32. The van der Waals surface area contributed by atoms with Crippen LogP contribution in [0.5, 0.6) is 0 Å². The molecule has 0 aliphatic carbocycles. The molecule has 0 radical (unpaired) electrons. The highest BCUT2D eigenvalue weighted by atomic mass is 35.5. The molecule has 122 valence electrons. The van der Waals surface area contributed by atoms with E-state index in [2.05, 4.69) is 17.6 Å². The van der Waals surface area contributed by atoms with Crippen LogP contribution in [0.15, 0.2) is 24.3 Å². The van der Waals surface area contributed by atoms with Crippen LogP contribution in [-0.4, -0.2) is 38.0 Å². The fourth-order valence-corrected chi connectivity index (χ4v) is 2.38. The molecule has 6 heteroatoms. The Morgan fingerprint density at radius 1 is 1.18 bits per heavy atom. The second-order valence-electron chi connectivity index (χ2n) is 5.20. The largest absolute Gasteiger partial charge is 0.351 e. The molecule has 0 aromatic heterocycles. The van der Waals surface area contributed by atoms with Gasteiger partial charge in [-0.15, -0.1) is 12.4 Å². The number of hydrogen-bond donors (Lipinski definition) is 2. The van der Waals surface area contributed by atoms with Crippen LogP contribution in [-0.2, 0) is 4.79 Å². The minimum Gasteiger partial charge on any atom is -0.351 e. The van der Waals surface area contributed by atoms with Crippen molar-refractivity contribution in [3.8, 4) is 0 Å². The van der Waals surface area contributed by atoms with Crippen molar-refractivity contribution in [2.75, 3.05) is 31.1 Å². The van der Waals surface area contributed by atoms with Crippen molar-refractivity contribution in [1.82, 2.24) is 10.6 Å². The summed E-state index contributed by atoms with van der Waals surface area (Å²) < 4.78 is 0. The summed E-state index contributed by atoms with van der Waals surface area (Å²) in [4.78, 5) is 25.4. The first-order valence-corrected chi connectivity index (χ1v) is 7.61. The van der Waals surface area contributed by atoms with Gasteiger partial charge in [-0.2, -0.15) is 0 Å². The minimum atomic E-state index is -0.0763. The number of carbonyl (C=O) groups is 2. The van der Waals surface area contributed by atoms with Crippen molar-refractivity contribution >= 4 is 29.9 Å². The van der Waals surface area contributed by atoms with Crippen LogP contribution >= 0.6 is 12.4 Å². The van der Waals surface area contributed by atoms with E-state index in [4.69, 9.17) is 0 Å². The van der Waals surface area contributed by atoms with Crippen molar-refractivity contribution in [3.05, 3.63) is 29.8 Å². The van der Waals surface area contributed by atoms with Crippen LogP contribution in [0, 0.1) is 0 Å². The molecule has 1 fully saturated rings. The number of rotatable bonds is 7. The summed E-state index contributed by atoms with van der Waals surface area (Å²) in [5.41, 5.74) is 1.50. The van der Waals surface area contributed by atoms with Crippen LogP contribution < -0.4 is 15.5 Å². The summed E-state index contributed by atoms with van der Waals surface area (Å²) in [6.07, 6.45) is 2.61. The Labute approximate surface area is 137 Å². The van der Waals surface area contributed by atoms with Crippen LogP contribution in [0.4, 0.5) is 5.69 Å². The van der Waals surface area contributed by atoms with Crippen LogP contribution in [0.1, 0.15) is 36.5 Å². The number of hydrogen-bond acceptors (Lipinski definition) is 3. The molecule has 1 aliphatic heterocycles. The molecule has 1 aromatic rings. The maximum absolute atomic E-state index is 12.0. The average molecular weight is 326 g/mol. The third-order valence-electron chi connectivity index (χ3n) is 3.53. The maximum atomic E-state index is 12.0. The molecule has 1 aromatic carbocycles. The lowest BCUT2D eigenvalue weighted by Gasteiger charge is -2.15. The highest BCUT2D eigenvalue weighted by molar-refractivity contribution is 5.97. The molecule has 0 spiro atoms. The topological polar surface area (TPSA) is 61.4 Å². The predicted molar refractivity (Wildman–Crippen MR) is 90.8 cm³/mol. The number of nitrogens with one attached hydrogen (secondary N) is 2. The summed E-state index contributed by atoms with van der Waals surface area (Å²) in [6, 6.07) is 7.23. The Bertz CT molecular complexity index is 491. The number of nitrogens with zero attached hydrogens (tertiary/aromatic N) is 1. The Kier molecular flexibility index (Phi) is 7.91. The third kappa shape index (κ3) is 5.00. The summed E-state index contributed by atoms with van der Waals surface area (Å²) in [5.74, 6) is 0.0850. The second kappa shape index (κ2) is 9.43. The molecule has 0 bridgehead atoms. The van der Waals surface area contributed by atoms with Gasteiger partial charge in [-0.25, -0.2) is 0 Å². The standard InChI is InChI=1S/C16H23N3O2.ClH/c1-2-9-17-10-11-18-16(21)13-5-7-14(8-6-13)19-12-3-4-15(19)20;/h5-8,17H,2-4,9-12H2,1H3,(H,18,21);1H. The molecule has 5 nitrogen and oxygen atoms in total. The molecule has 1 saturated heterocycles. The predicted octanol–water partition coefficient (Wildman–Crippen LogP) is 1.96. The Hall–Kier alpha value is -1.59. The zero-order valence-electron chi connectivity index (χ0n) is 12.9. The van der Waals surface area contributed by atoms with Gasteiger partial charge in [0, 0.05) is 37.3 Å². The zero-order valence-corrected chi connectivity index (χ0v) is 13.7. The molecule has 1 heterocycles. The van der Waals surface area contributed by atoms with E-state index in [0.29, 0.717) is 18.5 Å². The van der Waals surface area contributed by atoms with Gasteiger partial charge in [0.25, 0.3) is 5.91 Å². The molecule has 0 unspecified atom stereocenters. The highest BCUT2D eigenvalue weighted by Crippen LogP contribution is 2.21. The van der Waals surface area contributed by atoms with E-state index in [1.165, 1.54) is 0 Å². The van der Waals surface area contributed by atoms with Gasteiger partial charge in [0.1, 0.15) is 0 Å². The Morgan fingerprint density at radius 3 is 2.50 bits per heavy atom. The highest BCUT2D eigenvalue weighted by Gasteiger charge is 2.21. The number of amides is 2. The van der Waals surface area contributed by atoms with E-state index < -0.39 is 0 Å². The smallest absolute Gasteiger partial charge is 0.251 e. The Balaban J connectivity index is 0.00000242. The van der Waals surface area contributed by atoms with Gasteiger partial charge in [0.05, 0.1) is 0 Å². The van der Waals surface area contributed by atoms with Crippen LogP contribution in [0.25, 0.3) is 0 Å². The van der Waals surface area contributed by atoms with Crippen molar-refractivity contribution in [3.63, 3.8) is 0 Å². The van der Waals surface area contributed by atoms with Crippen LogP contribution in [0.2, 0.25) is 0 Å². The fourth-order valence-electron chi connectivity index (χ4n) is 2.38. The molecule has 0 saturated carbocycles. The van der Waals surface area contributed by atoms with E-state index in [-0.39, 0.29) is 24.2 Å². The van der Waals surface area contributed by atoms with Gasteiger partial charge in [0.15, 0.2) is 0 Å². The summed E-state index contributed by atoms with van der Waals surface area (Å²) in [7, 11) is 0. The van der Waals surface area contributed by atoms with Gasteiger partial charge in [0.2, 0.25) is 5.91 Å². The van der Waals surface area contributed by atoms with Crippen molar-refractivity contribution in [2.45, 2.75) is 26.2 Å². The second-order valence-corrected chi connectivity index (χ2v) is 5.20. The van der Waals surface area contributed by atoms with E-state index in [9.17, 15) is 9.59 Å². The molecule has 0 atom stereocenters. The first-order valence-electron chi connectivity index (χ1n) is 7.61. The monoisotopic (exact) mass is 325 g/mol. The normalized spacial score (nSPS) is 13.9. The number of benzene rings is 1. The molecule has 2 N–H and O–H groups in total. The minimum absolute atomic E-state index is 0. The summed E-state index contributed by atoms with van der Waals surface area (Å²) >= 11 is 0. The van der Waals surface area contributed by atoms with E-state index >= 15 is 0 Å². The fraction of sp³-hybridized carbons (Fsp3) is 0.500. The van der Waals surface area contributed by atoms with E-state index in [1.54, 1.807) is 17.0 Å². The quantitative estimate of drug-likeness (QED) is 0.753. The van der Waals surface area contributed by atoms with E-state index in [0.717, 1.165) is 38.2 Å². The molecule has 22 heavy (non-hydrogen) atoms. The van der Waals surface area contributed by atoms with Gasteiger partial charge in [-0.3, -0.25) is 9.59 Å². The van der Waals surface area contributed by atoms with Gasteiger partial charge < -0.3 is 15.5 Å². The maximum Gasteiger partial charge on any atom is 0.251 e. The summed E-state index contributed by atoms with van der Waals surface area (Å²) in [5, 5.41) is 6.11. The van der Waals surface area contributed by atoms with E-state index in [1.807, 2.05) is 12.1 Å².